The number of carbonyl (C=O) groups excluding carboxylic acids is 2. The molecule has 1 unspecified atom stereocenters. The summed E-state index contributed by atoms with van der Waals surface area (Å²) in [4.78, 5) is 31.9. The number of halogens is 2. The van der Waals surface area contributed by atoms with E-state index < -0.39 is 35.1 Å². The number of carbonyl (C=O) groups is 2. The van der Waals surface area contributed by atoms with Crippen LogP contribution >= 0.6 is 11.3 Å². The Bertz CT molecular complexity index is 1480. The van der Waals surface area contributed by atoms with Gasteiger partial charge in [0.05, 0.1) is 22.9 Å². The monoisotopic (exact) mass is 478 g/mol. The van der Waals surface area contributed by atoms with Crippen LogP contribution in [0, 0.1) is 11.6 Å². The van der Waals surface area contributed by atoms with Crippen LogP contribution in [0.4, 0.5) is 13.9 Å². The van der Waals surface area contributed by atoms with Crippen LogP contribution in [0.15, 0.2) is 72.3 Å². The van der Waals surface area contributed by atoms with Gasteiger partial charge in [-0.1, -0.05) is 29.5 Å². The summed E-state index contributed by atoms with van der Waals surface area (Å²) in [5.74, 6) is -3.09. The first-order chi connectivity index (χ1) is 16.4. The van der Waals surface area contributed by atoms with Gasteiger partial charge in [-0.25, -0.2) is 13.8 Å². The van der Waals surface area contributed by atoms with Crippen LogP contribution in [0.5, 0.6) is 5.75 Å². The van der Waals surface area contributed by atoms with E-state index in [2.05, 4.69) is 4.98 Å². The molecule has 0 spiro atoms. The van der Waals surface area contributed by atoms with Gasteiger partial charge in [0.1, 0.15) is 29.2 Å². The molecule has 3 aromatic carbocycles. The van der Waals surface area contributed by atoms with Crippen molar-refractivity contribution >= 4 is 44.1 Å². The minimum absolute atomic E-state index is 0.0159. The number of aliphatic hydroxyl groups excluding tert-OH is 1. The number of ketones is 1. The van der Waals surface area contributed by atoms with Gasteiger partial charge in [-0.15, -0.1) is 0 Å². The smallest absolute Gasteiger partial charge is 0.301 e. The quantitative estimate of drug-likeness (QED) is 0.248. The summed E-state index contributed by atoms with van der Waals surface area (Å²) in [5, 5.41) is 11.2. The van der Waals surface area contributed by atoms with E-state index >= 15 is 0 Å². The molecule has 1 fully saturated rings. The van der Waals surface area contributed by atoms with Gasteiger partial charge in [-0.2, -0.15) is 0 Å². The number of anilines is 1. The van der Waals surface area contributed by atoms with Crippen LogP contribution in [0.3, 0.4) is 0 Å². The van der Waals surface area contributed by atoms with E-state index in [4.69, 9.17) is 4.74 Å². The number of aliphatic hydroxyl groups is 1. The number of Topliss-reactive ketones (excluding diaryl/α,β-unsaturated/α-hetero) is 1. The molecule has 34 heavy (non-hydrogen) atoms. The van der Waals surface area contributed by atoms with E-state index in [1.54, 1.807) is 24.3 Å². The van der Waals surface area contributed by atoms with Gasteiger partial charge in [0.15, 0.2) is 5.13 Å². The Morgan fingerprint density at radius 3 is 2.50 bits per heavy atom. The fourth-order valence-electron chi connectivity index (χ4n) is 3.91. The second-order valence-electron chi connectivity index (χ2n) is 7.53. The van der Waals surface area contributed by atoms with Crippen molar-refractivity contribution in [1.82, 2.24) is 4.98 Å². The summed E-state index contributed by atoms with van der Waals surface area (Å²) >= 11 is 1.13. The number of ether oxygens (including phenoxy) is 1. The Kier molecular flexibility index (Phi) is 5.33. The minimum atomic E-state index is -1.27. The molecule has 1 N–H and O–H groups in total. The molecular weight excluding hydrogens is 462 g/mol. The number of nitrogens with zero attached hydrogens (tertiary/aromatic N) is 2. The SMILES string of the molecule is COc1ccc2nc(N3C(=O)C(=O)/C(=C(/O)c4ccc(F)cc4)C3c3ccccc3F)sc2c1. The molecule has 1 atom stereocenters. The summed E-state index contributed by atoms with van der Waals surface area (Å²) in [6, 6.07) is 14.4. The highest BCUT2D eigenvalue weighted by atomic mass is 32.1. The van der Waals surface area contributed by atoms with Crippen LogP contribution in [0.1, 0.15) is 17.2 Å². The van der Waals surface area contributed by atoms with Gasteiger partial charge < -0.3 is 9.84 Å². The van der Waals surface area contributed by atoms with E-state index in [-0.39, 0.29) is 21.8 Å². The summed E-state index contributed by atoms with van der Waals surface area (Å²) in [7, 11) is 1.52. The summed E-state index contributed by atoms with van der Waals surface area (Å²) in [6.07, 6.45) is 0. The number of amides is 1. The molecule has 170 valence electrons. The third kappa shape index (κ3) is 3.50. The Morgan fingerprint density at radius 1 is 1.06 bits per heavy atom. The largest absolute Gasteiger partial charge is 0.507 e. The van der Waals surface area contributed by atoms with Crippen molar-refractivity contribution in [2.45, 2.75) is 6.04 Å². The van der Waals surface area contributed by atoms with Gasteiger partial charge in [-0.3, -0.25) is 14.5 Å². The number of fused-ring (bicyclic) bond motifs is 1. The molecule has 0 radical (unpaired) electrons. The number of hydrogen-bond donors (Lipinski definition) is 1. The Balaban J connectivity index is 1.73. The molecule has 5 rings (SSSR count). The van der Waals surface area contributed by atoms with Crippen LogP contribution in [-0.4, -0.2) is 28.9 Å². The molecule has 1 aromatic heterocycles. The number of thiazole rings is 1. The first-order valence-corrected chi connectivity index (χ1v) is 11.0. The Labute approximate surface area is 196 Å². The van der Waals surface area contributed by atoms with Crippen molar-refractivity contribution in [2.75, 3.05) is 12.0 Å². The fraction of sp³-hybridized carbons (Fsp3) is 0.0800. The maximum Gasteiger partial charge on any atom is 0.301 e. The highest BCUT2D eigenvalue weighted by Crippen LogP contribution is 2.45. The topological polar surface area (TPSA) is 79.7 Å². The third-order valence-corrected chi connectivity index (χ3v) is 6.57. The molecule has 6 nitrogen and oxygen atoms in total. The average molecular weight is 478 g/mol. The second-order valence-corrected chi connectivity index (χ2v) is 8.54. The summed E-state index contributed by atoms with van der Waals surface area (Å²) in [5.41, 5.74) is 0.393. The molecule has 0 saturated carbocycles. The lowest BCUT2D eigenvalue weighted by Crippen LogP contribution is -2.29. The zero-order valence-corrected chi connectivity index (χ0v) is 18.5. The molecule has 0 aliphatic carbocycles. The highest BCUT2D eigenvalue weighted by molar-refractivity contribution is 7.22. The third-order valence-electron chi connectivity index (χ3n) is 5.55. The molecule has 4 aromatic rings. The second kappa shape index (κ2) is 8.35. The number of rotatable bonds is 4. The molecular formula is C25H16F2N2O4S. The summed E-state index contributed by atoms with van der Waals surface area (Å²) < 4.78 is 34.3. The normalized spacial score (nSPS) is 17.5. The van der Waals surface area contributed by atoms with Crippen molar-refractivity contribution in [1.29, 1.82) is 0 Å². The van der Waals surface area contributed by atoms with E-state index in [9.17, 15) is 23.5 Å². The van der Waals surface area contributed by atoms with E-state index in [1.165, 1.54) is 37.4 Å². The van der Waals surface area contributed by atoms with Crippen molar-refractivity contribution < 1.29 is 28.2 Å². The van der Waals surface area contributed by atoms with E-state index in [0.29, 0.717) is 16.0 Å². The maximum absolute atomic E-state index is 14.9. The lowest BCUT2D eigenvalue weighted by Gasteiger charge is -2.23. The first kappa shape index (κ1) is 21.7. The fourth-order valence-corrected chi connectivity index (χ4v) is 4.93. The molecule has 1 aliphatic rings. The highest BCUT2D eigenvalue weighted by Gasteiger charge is 2.49. The van der Waals surface area contributed by atoms with Crippen molar-refractivity contribution in [2.24, 2.45) is 0 Å². The molecule has 1 amide bonds. The standard InChI is InChI=1S/C25H16F2N2O4S/c1-33-15-10-11-18-19(12-15)34-25(28-18)29-21(16-4-2-3-5-17(16)27)20(23(31)24(29)32)22(30)13-6-8-14(26)9-7-13/h2-12,21,30H,1H3/b22-20+. The first-order valence-electron chi connectivity index (χ1n) is 10.1. The molecule has 9 heteroatoms. The summed E-state index contributed by atoms with van der Waals surface area (Å²) in [6.45, 7) is 0. The van der Waals surface area contributed by atoms with Crippen molar-refractivity contribution in [3.8, 4) is 5.75 Å². The van der Waals surface area contributed by atoms with Crippen LogP contribution < -0.4 is 9.64 Å². The molecule has 1 aliphatic heterocycles. The predicted molar refractivity (Wildman–Crippen MR) is 124 cm³/mol. The predicted octanol–water partition coefficient (Wildman–Crippen LogP) is 5.21. The lowest BCUT2D eigenvalue weighted by atomic mass is 9.95. The van der Waals surface area contributed by atoms with Crippen molar-refractivity contribution in [3.63, 3.8) is 0 Å². The molecule has 0 bridgehead atoms. The van der Waals surface area contributed by atoms with Crippen molar-refractivity contribution in [3.05, 3.63) is 95.1 Å². The van der Waals surface area contributed by atoms with E-state index in [0.717, 1.165) is 28.4 Å². The van der Waals surface area contributed by atoms with Crippen LogP contribution in [0.2, 0.25) is 0 Å². The molecule has 2 heterocycles. The minimum Gasteiger partial charge on any atom is -0.507 e. The van der Waals surface area contributed by atoms with E-state index in [1.807, 2.05) is 0 Å². The van der Waals surface area contributed by atoms with Gasteiger partial charge in [-0.05, 0) is 48.5 Å². The number of hydrogen-bond acceptors (Lipinski definition) is 6. The molecule has 1 saturated heterocycles. The van der Waals surface area contributed by atoms with Gasteiger partial charge in [0.2, 0.25) is 0 Å². The number of aromatic nitrogens is 1. The van der Waals surface area contributed by atoms with Gasteiger partial charge in [0.25, 0.3) is 5.78 Å². The zero-order valence-electron chi connectivity index (χ0n) is 17.7. The Hall–Kier alpha value is -4.11. The average Bonchev–Trinajstić information content (AvgIpc) is 3.37. The van der Waals surface area contributed by atoms with Crippen LogP contribution in [-0.2, 0) is 9.59 Å². The van der Waals surface area contributed by atoms with Gasteiger partial charge in [0, 0.05) is 11.1 Å². The number of methoxy groups -OCH3 is 1. The maximum atomic E-state index is 14.9. The number of benzene rings is 3. The Morgan fingerprint density at radius 2 is 1.79 bits per heavy atom. The zero-order chi connectivity index (χ0) is 24.0. The van der Waals surface area contributed by atoms with Gasteiger partial charge >= 0.3 is 5.91 Å². The lowest BCUT2D eigenvalue weighted by molar-refractivity contribution is -0.132. The van der Waals surface area contributed by atoms with Crippen LogP contribution in [0.25, 0.3) is 16.0 Å².